The smallest absolute Gasteiger partial charge is 0.257 e. The first-order valence-corrected chi connectivity index (χ1v) is 10.2. The standard InChI is InChI=1S/C23H29FN2O2/c24-19-11-12-22(28-16-14-25)21(17-19)23(27)26(20-9-5-2-6-10-20)15-13-18-7-3-1-4-8-18/h1,3-4,7-8,11-12,17,20H,2,5-6,9-10,13-16,25H2. The van der Waals surface area contributed by atoms with E-state index >= 15 is 0 Å². The van der Waals surface area contributed by atoms with E-state index in [1.165, 1.54) is 30.2 Å². The Morgan fingerprint density at radius 3 is 2.57 bits per heavy atom. The largest absolute Gasteiger partial charge is 0.491 e. The Kier molecular flexibility index (Phi) is 7.43. The lowest BCUT2D eigenvalue weighted by Crippen LogP contribution is -2.43. The summed E-state index contributed by atoms with van der Waals surface area (Å²) in [6, 6.07) is 14.5. The molecule has 4 nitrogen and oxygen atoms in total. The van der Waals surface area contributed by atoms with Gasteiger partial charge < -0.3 is 15.4 Å². The highest BCUT2D eigenvalue weighted by Gasteiger charge is 2.28. The van der Waals surface area contributed by atoms with Crippen LogP contribution in [0.5, 0.6) is 5.75 Å². The number of nitrogens with zero attached hydrogens (tertiary/aromatic N) is 1. The van der Waals surface area contributed by atoms with E-state index < -0.39 is 5.82 Å². The third-order valence-corrected chi connectivity index (χ3v) is 5.31. The number of hydrogen-bond donors (Lipinski definition) is 1. The fraction of sp³-hybridized carbons (Fsp3) is 0.435. The number of nitrogens with two attached hydrogens (primary N) is 1. The summed E-state index contributed by atoms with van der Waals surface area (Å²) in [5.74, 6) is -0.193. The van der Waals surface area contributed by atoms with Crippen LogP contribution in [0.1, 0.15) is 48.0 Å². The summed E-state index contributed by atoms with van der Waals surface area (Å²) in [7, 11) is 0. The van der Waals surface area contributed by atoms with Gasteiger partial charge in [0.2, 0.25) is 0 Å². The molecule has 28 heavy (non-hydrogen) atoms. The highest BCUT2D eigenvalue weighted by Crippen LogP contribution is 2.28. The summed E-state index contributed by atoms with van der Waals surface area (Å²) in [6.45, 7) is 1.24. The van der Waals surface area contributed by atoms with Crippen molar-refractivity contribution in [2.75, 3.05) is 19.7 Å². The van der Waals surface area contributed by atoms with Crippen molar-refractivity contribution in [3.63, 3.8) is 0 Å². The molecular weight excluding hydrogens is 355 g/mol. The summed E-state index contributed by atoms with van der Waals surface area (Å²) in [5.41, 5.74) is 7.00. The predicted octanol–water partition coefficient (Wildman–Crippen LogP) is 4.18. The van der Waals surface area contributed by atoms with E-state index in [0.717, 1.165) is 32.1 Å². The van der Waals surface area contributed by atoms with E-state index in [1.807, 2.05) is 23.1 Å². The summed E-state index contributed by atoms with van der Waals surface area (Å²) in [4.78, 5) is 15.4. The van der Waals surface area contributed by atoms with Crippen molar-refractivity contribution >= 4 is 5.91 Å². The number of amides is 1. The lowest BCUT2D eigenvalue weighted by molar-refractivity contribution is 0.0632. The van der Waals surface area contributed by atoms with Crippen LogP contribution in [0.2, 0.25) is 0 Å². The van der Waals surface area contributed by atoms with E-state index in [0.29, 0.717) is 25.4 Å². The van der Waals surface area contributed by atoms with E-state index in [2.05, 4.69) is 12.1 Å². The molecule has 0 heterocycles. The van der Waals surface area contributed by atoms with Gasteiger partial charge >= 0.3 is 0 Å². The molecule has 0 unspecified atom stereocenters. The Balaban J connectivity index is 1.84. The molecule has 1 amide bonds. The third kappa shape index (κ3) is 5.32. The molecule has 0 aromatic heterocycles. The van der Waals surface area contributed by atoms with Gasteiger partial charge in [-0.05, 0) is 43.0 Å². The minimum Gasteiger partial charge on any atom is -0.491 e. The number of carbonyl (C=O) groups excluding carboxylic acids is 1. The Morgan fingerprint density at radius 2 is 1.86 bits per heavy atom. The van der Waals surface area contributed by atoms with Gasteiger partial charge in [0.25, 0.3) is 5.91 Å². The zero-order valence-electron chi connectivity index (χ0n) is 16.3. The van der Waals surface area contributed by atoms with Crippen molar-refractivity contribution in [2.45, 2.75) is 44.6 Å². The van der Waals surface area contributed by atoms with E-state index in [-0.39, 0.29) is 17.5 Å². The normalized spacial score (nSPS) is 14.6. The molecule has 1 aliphatic carbocycles. The molecule has 1 fully saturated rings. The van der Waals surface area contributed by atoms with Gasteiger partial charge in [0.1, 0.15) is 18.2 Å². The fourth-order valence-electron chi connectivity index (χ4n) is 3.86. The average Bonchev–Trinajstić information content (AvgIpc) is 2.74. The number of halogens is 1. The lowest BCUT2D eigenvalue weighted by atomic mass is 9.93. The Morgan fingerprint density at radius 1 is 1.11 bits per heavy atom. The first kappa shape index (κ1) is 20.3. The highest BCUT2D eigenvalue weighted by atomic mass is 19.1. The summed E-state index contributed by atoms with van der Waals surface area (Å²) in [5, 5.41) is 0. The zero-order chi connectivity index (χ0) is 19.8. The van der Waals surface area contributed by atoms with Gasteiger partial charge in [-0.3, -0.25) is 4.79 Å². The highest BCUT2D eigenvalue weighted by molar-refractivity contribution is 5.97. The van der Waals surface area contributed by atoms with Crippen molar-refractivity contribution in [1.29, 1.82) is 0 Å². The van der Waals surface area contributed by atoms with E-state index in [4.69, 9.17) is 10.5 Å². The molecular formula is C23H29FN2O2. The van der Waals surface area contributed by atoms with Crippen LogP contribution in [0.15, 0.2) is 48.5 Å². The van der Waals surface area contributed by atoms with Crippen molar-refractivity contribution in [3.05, 3.63) is 65.5 Å². The van der Waals surface area contributed by atoms with Crippen molar-refractivity contribution in [1.82, 2.24) is 4.90 Å². The molecule has 0 bridgehead atoms. The van der Waals surface area contributed by atoms with Crippen LogP contribution < -0.4 is 10.5 Å². The summed E-state index contributed by atoms with van der Waals surface area (Å²) >= 11 is 0. The lowest BCUT2D eigenvalue weighted by Gasteiger charge is -2.35. The molecule has 1 saturated carbocycles. The van der Waals surface area contributed by atoms with Crippen LogP contribution in [0, 0.1) is 5.82 Å². The topological polar surface area (TPSA) is 55.6 Å². The summed E-state index contributed by atoms with van der Waals surface area (Å²) in [6.07, 6.45) is 6.22. The molecule has 0 spiro atoms. The predicted molar refractivity (Wildman–Crippen MR) is 109 cm³/mol. The molecule has 0 radical (unpaired) electrons. The molecule has 2 aromatic rings. The number of benzene rings is 2. The second kappa shape index (κ2) is 10.2. The number of ether oxygens (including phenoxy) is 1. The van der Waals surface area contributed by atoms with Crippen molar-refractivity contribution in [2.24, 2.45) is 5.73 Å². The quantitative estimate of drug-likeness (QED) is 0.743. The number of hydrogen-bond acceptors (Lipinski definition) is 3. The van der Waals surface area contributed by atoms with Gasteiger partial charge in [0, 0.05) is 19.1 Å². The molecule has 2 N–H and O–H groups in total. The Bertz CT molecular complexity index is 760. The van der Waals surface area contributed by atoms with Crippen molar-refractivity contribution in [3.8, 4) is 5.75 Å². The number of rotatable bonds is 8. The minimum atomic E-state index is -0.435. The molecule has 3 rings (SSSR count). The van der Waals surface area contributed by atoms with Gasteiger partial charge in [0.05, 0.1) is 5.56 Å². The van der Waals surface area contributed by atoms with Gasteiger partial charge in [-0.2, -0.15) is 0 Å². The zero-order valence-corrected chi connectivity index (χ0v) is 16.3. The SMILES string of the molecule is NCCOc1ccc(F)cc1C(=O)N(CCc1ccccc1)C1CCCCC1. The van der Waals surface area contributed by atoms with Gasteiger partial charge in [-0.25, -0.2) is 4.39 Å². The second-order valence-electron chi connectivity index (χ2n) is 7.30. The molecule has 0 atom stereocenters. The summed E-state index contributed by atoms with van der Waals surface area (Å²) < 4.78 is 19.6. The van der Waals surface area contributed by atoms with Crippen molar-refractivity contribution < 1.29 is 13.9 Å². The average molecular weight is 384 g/mol. The molecule has 5 heteroatoms. The molecule has 0 aliphatic heterocycles. The Hall–Kier alpha value is -2.40. The maximum absolute atomic E-state index is 13.9. The maximum Gasteiger partial charge on any atom is 0.257 e. The van der Waals surface area contributed by atoms with Crippen LogP contribution in [0.25, 0.3) is 0 Å². The second-order valence-corrected chi connectivity index (χ2v) is 7.30. The fourth-order valence-corrected chi connectivity index (χ4v) is 3.86. The Labute approximate surface area is 166 Å². The first-order chi connectivity index (χ1) is 13.7. The maximum atomic E-state index is 13.9. The van der Waals surface area contributed by atoms with E-state index in [1.54, 1.807) is 0 Å². The van der Waals surface area contributed by atoms with E-state index in [9.17, 15) is 9.18 Å². The van der Waals surface area contributed by atoms with Crippen LogP contribution in [0.3, 0.4) is 0 Å². The van der Waals surface area contributed by atoms with Crippen LogP contribution >= 0.6 is 0 Å². The van der Waals surface area contributed by atoms with Crippen LogP contribution in [0.4, 0.5) is 4.39 Å². The molecule has 1 aliphatic rings. The molecule has 2 aromatic carbocycles. The minimum absolute atomic E-state index is 0.158. The number of carbonyl (C=O) groups is 1. The first-order valence-electron chi connectivity index (χ1n) is 10.2. The van der Waals surface area contributed by atoms with Gasteiger partial charge in [-0.15, -0.1) is 0 Å². The van der Waals surface area contributed by atoms with Crippen LogP contribution in [-0.4, -0.2) is 36.5 Å². The van der Waals surface area contributed by atoms with Gasteiger partial charge in [-0.1, -0.05) is 49.6 Å². The third-order valence-electron chi connectivity index (χ3n) is 5.31. The molecule has 0 saturated heterocycles. The monoisotopic (exact) mass is 384 g/mol. The molecule has 150 valence electrons. The van der Waals surface area contributed by atoms with Gasteiger partial charge in [0.15, 0.2) is 0 Å². The van der Waals surface area contributed by atoms with Crippen LogP contribution in [-0.2, 0) is 6.42 Å².